The number of amides is 1. The number of nitrogen functional groups attached to an aromatic ring is 1. The lowest BCUT2D eigenvalue weighted by Gasteiger charge is -2.13. The average Bonchev–Trinajstić information content (AvgIpc) is 2.69. The highest BCUT2D eigenvalue weighted by Crippen LogP contribution is 2.27. The first-order valence-electron chi connectivity index (χ1n) is 7.94. The smallest absolute Gasteiger partial charge is 0.276 e. The number of nitrogens with zero attached hydrogens (tertiary/aromatic N) is 3. The lowest BCUT2D eigenvalue weighted by atomic mass is 10.3. The van der Waals surface area contributed by atoms with E-state index in [9.17, 15) is 4.79 Å². The SMILES string of the molecule is Nc1c(NNC(=O)COc2ccc(Cl)cc2Cl)ncnc1Nc1ccccn1. The molecule has 144 valence electrons. The topological polar surface area (TPSA) is 127 Å². The quantitative estimate of drug-likeness (QED) is 0.430. The van der Waals surface area contributed by atoms with Crippen LogP contribution in [0, 0.1) is 0 Å². The van der Waals surface area contributed by atoms with Gasteiger partial charge in [0.25, 0.3) is 5.91 Å². The summed E-state index contributed by atoms with van der Waals surface area (Å²) in [6.45, 7) is -0.279. The molecule has 1 aromatic carbocycles. The Balaban J connectivity index is 1.56. The number of nitrogens with one attached hydrogen (secondary N) is 3. The summed E-state index contributed by atoms with van der Waals surface area (Å²) in [5.41, 5.74) is 11.3. The summed E-state index contributed by atoms with van der Waals surface area (Å²) < 4.78 is 5.35. The van der Waals surface area contributed by atoms with Gasteiger partial charge < -0.3 is 15.8 Å². The van der Waals surface area contributed by atoms with Gasteiger partial charge in [0.15, 0.2) is 18.2 Å². The van der Waals surface area contributed by atoms with E-state index in [4.69, 9.17) is 33.7 Å². The van der Waals surface area contributed by atoms with Gasteiger partial charge in [0.1, 0.15) is 23.6 Å². The lowest BCUT2D eigenvalue weighted by molar-refractivity contribution is -0.122. The molecule has 5 N–H and O–H groups in total. The van der Waals surface area contributed by atoms with Crippen LogP contribution in [-0.2, 0) is 4.79 Å². The number of hydrogen-bond acceptors (Lipinski definition) is 8. The number of ether oxygens (including phenoxy) is 1. The predicted molar refractivity (Wildman–Crippen MR) is 108 cm³/mol. The van der Waals surface area contributed by atoms with Gasteiger partial charge in [-0.1, -0.05) is 29.3 Å². The fourth-order valence-electron chi connectivity index (χ4n) is 2.05. The zero-order valence-electron chi connectivity index (χ0n) is 14.3. The number of halogens is 2. The molecule has 0 spiro atoms. The van der Waals surface area contributed by atoms with Crippen LogP contribution < -0.4 is 26.6 Å². The first kappa shape index (κ1) is 19.5. The summed E-state index contributed by atoms with van der Waals surface area (Å²) in [4.78, 5) is 24.2. The Kier molecular flexibility index (Phi) is 6.30. The number of benzene rings is 1. The molecule has 1 amide bonds. The molecule has 3 aromatic rings. The Bertz CT molecular complexity index is 973. The third-order valence-electron chi connectivity index (χ3n) is 3.37. The third kappa shape index (κ3) is 5.12. The summed E-state index contributed by atoms with van der Waals surface area (Å²) in [6, 6.07) is 10.1. The van der Waals surface area contributed by atoms with E-state index in [-0.39, 0.29) is 18.1 Å². The van der Waals surface area contributed by atoms with Crippen LogP contribution >= 0.6 is 23.2 Å². The number of nitrogens with two attached hydrogens (primary N) is 1. The first-order valence-corrected chi connectivity index (χ1v) is 8.70. The molecular weight excluding hydrogens is 405 g/mol. The summed E-state index contributed by atoms with van der Waals surface area (Å²) in [7, 11) is 0. The Labute approximate surface area is 170 Å². The molecule has 0 fully saturated rings. The molecule has 0 aliphatic carbocycles. The lowest BCUT2D eigenvalue weighted by Crippen LogP contribution is -2.34. The highest BCUT2D eigenvalue weighted by molar-refractivity contribution is 6.35. The standard InChI is InChI=1S/C17H15Cl2N7O2/c18-10-4-5-12(11(19)7-10)28-8-14(27)25-26-17-15(20)16(22-9-23-17)24-13-3-1-2-6-21-13/h1-7,9H,8,20H2,(H,25,27)(H2,21,22,23,24,26). The van der Waals surface area contributed by atoms with Gasteiger partial charge in [-0.15, -0.1) is 0 Å². The van der Waals surface area contributed by atoms with Crippen molar-refractivity contribution in [3.8, 4) is 5.75 Å². The molecule has 0 saturated heterocycles. The Hall–Kier alpha value is -3.30. The van der Waals surface area contributed by atoms with Crippen LogP contribution in [0.4, 0.5) is 23.1 Å². The number of anilines is 4. The summed E-state index contributed by atoms with van der Waals surface area (Å²) in [5.74, 6) is 0.991. The van der Waals surface area contributed by atoms with Gasteiger partial charge in [-0.25, -0.2) is 15.0 Å². The molecule has 28 heavy (non-hydrogen) atoms. The summed E-state index contributed by atoms with van der Waals surface area (Å²) in [5, 5.41) is 3.74. The zero-order chi connectivity index (χ0) is 19.9. The normalized spacial score (nSPS) is 10.2. The molecule has 0 aliphatic heterocycles. The van der Waals surface area contributed by atoms with Gasteiger partial charge in [-0.05, 0) is 30.3 Å². The number of pyridine rings is 1. The number of hydrazine groups is 1. The number of hydrogen-bond donors (Lipinski definition) is 4. The molecule has 11 heteroatoms. The number of carbonyl (C=O) groups excluding carboxylic acids is 1. The number of rotatable bonds is 7. The maximum absolute atomic E-state index is 12.0. The van der Waals surface area contributed by atoms with E-state index in [1.807, 2.05) is 6.07 Å². The Morgan fingerprint density at radius 1 is 1.11 bits per heavy atom. The van der Waals surface area contributed by atoms with Gasteiger partial charge in [0.05, 0.1) is 5.02 Å². The maximum Gasteiger partial charge on any atom is 0.276 e. The van der Waals surface area contributed by atoms with E-state index < -0.39 is 5.91 Å². The molecule has 0 bridgehead atoms. The number of aromatic nitrogens is 3. The second-order valence-corrected chi connectivity index (χ2v) is 6.20. The molecule has 9 nitrogen and oxygen atoms in total. The number of carbonyl (C=O) groups is 1. The highest BCUT2D eigenvalue weighted by Gasteiger charge is 2.11. The molecular formula is C17H15Cl2N7O2. The molecule has 0 unspecified atom stereocenters. The van der Waals surface area contributed by atoms with Crippen molar-refractivity contribution in [2.24, 2.45) is 0 Å². The van der Waals surface area contributed by atoms with Crippen LogP contribution in [0.25, 0.3) is 0 Å². The summed E-state index contributed by atoms with van der Waals surface area (Å²) >= 11 is 11.8. The van der Waals surface area contributed by atoms with Crippen LogP contribution in [0.15, 0.2) is 48.9 Å². The predicted octanol–water partition coefficient (Wildman–Crippen LogP) is 3.03. The van der Waals surface area contributed by atoms with E-state index in [1.165, 1.54) is 12.4 Å². The second-order valence-electron chi connectivity index (χ2n) is 5.36. The maximum atomic E-state index is 12.0. The average molecular weight is 420 g/mol. The minimum absolute atomic E-state index is 0.204. The van der Waals surface area contributed by atoms with Crippen molar-refractivity contribution in [3.05, 3.63) is 59.0 Å². The molecule has 0 aliphatic rings. The Morgan fingerprint density at radius 2 is 1.93 bits per heavy atom. The van der Waals surface area contributed by atoms with Crippen molar-refractivity contribution in [1.82, 2.24) is 20.4 Å². The molecule has 0 saturated carbocycles. The fraction of sp³-hybridized carbons (Fsp3) is 0.0588. The van der Waals surface area contributed by atoms with Crippen molar-refractivity contribution >= 4 is 52.3 Å². The zero-order valence-corrected chi connectivity index (χ0v) is 15.8. The molecule has 0 radical (unpaired) electrons. The van der Waals surface area contributed by atoms with Crippen LogP contribution in [0.3, 0.4) is 0 Å². The van der Waals surface area contributed by atoms with Crippen LogP contribution in [0.1, 0.15) is 0 Å². The van der Waals surface area contributed by atoms with Gasteiger partial charge in [0, 0.05) is 11.2 Å². The van der Waals surface area contributed by atoms with Crippen LogP contribution in [-0.4, -0.2) is 27.5 Å². The van der Waals surface area contributed by atoms with Gasteiger partial charge in [0.2, 0.25) is 0 Å². The van der Waals surface area contributed by atoms with E-state index in [1.54, 1.807) is 30.5 Å². The summed E-state index contributed by atoms with van der Waals surface area (Å²) in [6.07, 6.45) is 2.92. The van der Waals surface area contributed by atoms with Gasteiger partial charge in [-0.3, -0.25) is 15.6 Å². The third-order valence-corrected chi connectivity index (χ3v) is 3.90. The molecule has 2 heterocycles. The van der Waals surface area contributed by atoms with Crippen molar-refractivity contribution in [2.45, 2.75) is 0 Å². The fourth-order valence-corrected chi connectivity index (χ4v) is 2.52. The van der Waals surface area contributed by atoms with Gasteiger partial charge in [-0.2, -0.15) is 0 Å². The van der Waals surface area contributed by atoms with E-state index >= 15 is 0 Å². The van der Waals surface area contributed by atoms with Crippen LogP contribution in [0.5, 0.6) is 5.75 Å². The van der Waals surface area contributed by atoms with Crippen LogP contribution in [0.2, 0.25) is 10.0 Å². The van der Waals surface area contributed by atoms with Crippen molar-refractivity contribution in [3.63, 3.8) is 0 Å². The molecule has 3 rings (SSSR count). The first-order chi connectivity index (χ1) is 13.5. The minimum Gasteiger partial charge on any atom is -0.482 e. The van der Waals surface area contributed by atoms with E-state index in [0.29, 0.717) is 27.4 Å². The highest BCUT2D eigenvalue weighted by atomic mass is 35.5. The van der Waals surface area contributed by atoms with Crippen molar-refractivity contribution in [2.75, 3.05) is 23.1 Å². The van der Waals surface area contributed by atoms with E-state index in [0.717, 1.165) is 0 Å². The van der Waals surface area contributed by atoms with Crippen molar-refractivity contribution in [1.29, 1.82) is 0 Å². The molecule has 0 atom stereocenters. The van der Waals surface area contributed by atoms with E-state index in [2.05, 4.69) is 31.1 Å². The Morgan fingerprint density at radius 3 is 2.68 bits per heavy atom. The largest absolute Gasteiger partial charge is 0.482 e. The molecule has 2 aromatic heterocycles. The van der Waals surface area contributed by atoms with Crippen molar-refractivity contribution < 1.29 is 9.53 Å². The van der Waals surface area contributed by atoms with Gasteiger partial charge >= 0.3 is 0 Å². The second kappa shape index (κ2) is 9.07. The monoisotopic (exact) mass is 419 g/mol. The minimum atomic E-state index is -0.469.